The molecule has 1 aromatic heterocycles. The van der Waals surface area contributed by atoms with E-state index in [4.69, 9.17) is 0 Å². The number of aromatic nitrogens is 2. The molecule has 2 fully saturated rings. The second-order valence-corrected chi connectivity index (χ2v) is 7.20. The molecule has 1 atom stereocenters. The first-order valence-electron chi connectivity index (χ1n) is 9.32. The number of hydrogen-bond acceptors (Lipinski definition) is 3. The van der Waals surface area contributed by atoms with Gasteiger partial charge in [0.1, 0.15) is 0 Å². The number of piperidine rings is 1. The summed E-state index contributed by atoms with van der Waals surface area (Å²) < 4.78 is 1.88. The number of likely N-dealkylation sites (tertiary alicyclic amines) is 1. The van der Waals surface area contributed by atoms with Crippen molar-refractivity contribution in [2.45, 2.75) is 44.8 Å². The fraction of sp³-hybridized carbons (Fsp3) is 0.450. The number of amides is 2. The molecule has 0 radical (unpaired) electrons. The van der Waals surface area contributed by atoms with Crippen LogP contribution in [0.2, 0.25) is 0 Å². The van der Waals surface area contributed by atoms with Crippen molar-refractivity contribution in [3.05, 3.63) is 53.9 Å². The molecule has 1 saturated carbocycles. The van der Waals surface area contributed by atoms with Crippen LogP contribution in [-0.4, -0.2) is 39.1 Å². The number of rotatable bonds is 6. The highest BCUT2D eigenvalue weighted by atomic mass is 16.2. The Morgan fingerprint density at radius 2 is 1.96 bits per heavy atom. The van der Waals surface area contributed by atoms with Gasteiger partial charge in [0, 0.05) is 37.9 Å². The lowest BCUT2D eigenvalue weighted by molar-refractivity contribution is -0.138. The summed E-state index contributed by atoms with van der Waals surface area (Å²) in [4.78, 5) is 26.5. The lowest BCUT2D eigenvalue weighted by Crippen LogP contribution is -2.46. The Hall–Kier alpha value is -2.63. The van der Waals surface area contributed by atoms with Gasteiger partial charge in [0.25, 0.3) is 0 Å². The summed E-state index contributed by atoms with van der Waals surface area (Å²) in [5, 5.41) is 7.33. The van der Waals surface area contributed by atoms with Crippen molar-refractivity contribution in [2.75, 3.05) is 6.54 Å². The predicted octanol–water partition coefficient (Wildman–Crippen LogP) is 1.95. The van der Waals surface area contributed by atoms with Gasteiger partial charge in [0.2, 0.25) is 11.8 Å². The fourth-order valence-corrected chi connectivity index (χ4v) is 3.60. The number of carbonyl (C=O) groups excluding carboxylic acids is 2. The molecule has 1 aromatic carbocycles. The van der Waals surface area contributed by atoms with E-state index in [0.717, 1.165) is 24.0 Å². The minimum atomic E-state index is -0.0911. The van der Waals surface area contributed by atoms with Crippen molar-refractivity contribution >= 4 is 11.8 Å². The molecule has 4 rings (SSSR count). The molecule has 2 amide bonds. The third-order valence-electron chi connectivity index (χ3n) is 5.27. The smallest absolute Gasteiger partial charge is 0.225 e. The van der Waals surface area contributed by atoms with Crippen molar-refractivity contribution in [1.82, 2.24) is 20.0 Å². The number of carbonyl (C=O) groups is 2. The Morgan fingerprint density at radius 3 is 2.69 bits per heavy atom. The molecule has 2 aromatic rings. The average Bonchev–Trinajstić information content (AvgIpc) is 3.37. The molecule has 2 aliphatic rings. The van der Waals surface area contributed by atoms with Gasteiger partial charge in [-0.1, -0.05) is 24.3 Å². The molecule has 1 unspecified atom stereocenters. The summed E-state index contributed by atoms with van der Waals surface area (Å²) in [5.74, 6) is 0.171. The molecule has 0 bridgehead atoms. The largest absolute Gasteiger partial charge is 0.352 e. The Kier molecular flexibility index (Phi) is 4.73. The number of hydrogen-bond donors (Lipinski definition) is 1. The number of nitrogens with one attached hydrogen (secondary N) is 1. The predicted molar refractivity (Wildman–Crippen MR) is 97.1 cm³/mol. The standard InChI is InChI=1S/C20H24N4O2/c25-19-9-6-17(14-24(19)18-7-8-18)20(26)21-12-15-4-1-2-5-16(15)13-23-11-3-10-22-23/h1-5,10-11,17-18H,6-9,12-14H2,(H,21,26). The van der Waals surface area contributed by atoms with E-state index < -0.39 is 0 Å². The van der Waals surface area contributed by atoms with Crippen LogP contribution in [0.1, 0.15) is 36.8 Å². The second kappa shape index (κ2) is 7.32. The maximum atomic E-state index is 12.6. The summed E-state index contributed by atoms with van der Waals surface area (Å²) in [5.41, 5.74) is 2.25. The minimum Gasteiger partial charge on any atom is -0.352 e. The lowest BCUT2D eigenvalue weighted by atomic mass is 9.96. The molecule has 1 aliphatic heterocycles. The van der Waals surface area contributed by atoms with E-state index >= 15 is 0 Å². The molecular formula is C20H24N4O2. The van der Waals surface area contributed by atoms with Crippen LogP contribution >= 0.6 is 0 Å². The van der Waals surface area contributed by atoms with Crippen molar-refractivity contribution in [1.29, 1.82) is 0 Å². The summed E-state index contributed by atoms with van der Waals surface area (Å²) in [7, 11) is 0. The van der Waals surface area contributed by atoms with Crippen LogP contribution in [0, 0.1) is 5.92 Å². The lowest BCUT2D eigenvalue weighted by Gasteiger charge is -2.32. The zero-order valence-electron chi connectivity index (χ0n) is 14.8. The van der Waals surface area contributed by atoms with Gasteiger partial charge < -0.3 is 10.2 Å². The van der Waals surface area contributed by atoms with Crippen LogP contribution in [-0.2, 0) is 22.7 Å². The van der Waals surface area contributed by atoms with Crippen LogP contribution in [0.25, 0.3) is 0 Å². The van der Waals surface area contributed by atoms with Gasteiger partial charge >= 0.3 is 0 Å². The third-order valence-corrected chi connectivity index (χ3v) is 5.27. The summed E-state index contributed by atoms with van der Waals surface area (Å²) in [6.07, 6.45) is 7.01. The SMILES string of the molecule is O=C(NCc1ccccc1Cn1cccn1)C1CCC(=O)N(C2CC2)C1. The van der Waals surface area contributed by atoms with Gasteiger partial charge in [-0.05, 0) is 36.5 Å². The summed E-state index contributed by atoms with van der Waals surface area (Å²) >= 11 is 0. The van der Waals surface area contributed by atoms with E-state index in [1.807, 2.05) is 40.0 Å². The van der Waals surface area contributed by atoms with Gasteiger partial charge in [-0.3, -0.25) is 14.3 Å². The highest BCUT2D eigenvalue weighted by Gasteiger charge is 2.38. The van der Waals surface area contributed by atoms with Crippen LogP contribution in [0.15, 0.2) is 42.7 Å². The monoisotopic (exact) mass is 352 g/mol. The Bertz CT molecular complexity index is 783. The first-order chi connectivity index (χ1) is 12.7. The van der Waals surface area contributed by atoms with Crippen LogP contribution in [0.4, 0.5) is 0 Å². The molecule has 6 nitrogen and oxygen atoms in total. The van der Waals surface area contributed by atoms with Gasteiger partial charge in [-0.25, -0.2) is 0 Å². The molecular weight excluding hydrogens is 328 g/mol. The number of benzene rings is 1. The van der Waals surface area contributed by atoms with Crippen LogP contribution in [0.3, 0.4) is 0 Å². The van der Waals surface area contributed by atoms with Gasteiger partial charge in [0.05, 0.1) is 12.5 Å². The normalized spacial score (nSPS) is 20.2. The van der Waals surface area contributed by atoms with Crippen LogP contribution < -0.4 is 5.32 Å². The molecule has 0 spiro atoms. The topological polar surface area (TPSA) is 67.2 Å². The minimum absolute atomic E-state index is 0.0528. The van der Waals surface area contributed by atoms with Crippen molar-refractivity contribution in [2.24, 2.45) is 5.92 Å². The number of nitrogens with zero attached hydrogens (tertiary/aromatic N) is 3. The van der Waals surface area contributed by atoms with E-state index in [0.29, 0.717) is 38.5 Å². The van der Waals surface area contributed by atoms with Crippen molar-refractivity contribution < 1.29 is 9.59 Å². The first kappa shape index (κ1) is 16.8. The maximum absolute atomic E-state index is 12.6. The Balaban J connectivity index is 1.36. The zero-order chi connectivity index (χ0) is 17.9. The fourth-order valence-electron chi connectivity index (χ4n) is 3.60. The van der Waals surface area contributed by atoms with E-state index in [1.54, 1.807) is 6.20 Å². The first-order valence-corrected chi connectivity index (χ1v) is 9.32. The summed E-state index contributed by atoms with van der Waals surface area (Å²) in [6, 6.07) is 10.4. The molecule has 6 heteroatoms. The average molecular weight is 352 g/mol. The molecule has 1 saturated heterocycles. The Morgan fingerprint density at radius 1 is 1.15 bits per heavy atom. The Labute approximate surface area is 153 Å². The quantitative estimate of drug-likeness (QED) is 0.864. The van der Waals surface area contributed by atoms with E-state index in [-0.39, 0.29) is 17.7 Å². The van der Waals surface area contributed by atoms with Crippen molar-refractivity contribution in [3.63, 3.8) is 0 Å². The maximum Gasteiger partial charge on any atom is 0.225 e. The van der Waals surface area contributed by atoms with Gasteiger partial charge in [-0.15, -0.1) is 0 Å². The van der Waals surface area contributed by atoms with E-state index in [9.17, 15) is 9.59 Å². The molecule has 2 heterocycles. The van der Waals surface area contributed by atoms with Gasteiger partial charge in [0.15, 0.2) is 0 Å². The highest BCUT2D eigenvalue weighted by Crippen LogP contribution is 2.31. The van der Waals surface area contributed by atoms with E-state index in [1.165, 1.54) is 0 Å². The van der Waals surface area contributed by atoms with Crippen molar-refractivity contribution in [3.8, 4) is 0 Å². The molecule has 136 valence electrons. The summed E-state index contributed by atoms with van der Waals surface area (Å²) in [6.45, 7) is 1.76. The molecule has 1 aliphatic carbocycles. The van der Waals surface area contributed by atoms with E-state index in [2.05, 4.69) is 16.5 Å². The highest BCUT2D eigenvalue weighted by molar-refractivity contribution is 5.84. The molecule has 1 N–H and O–H groups in total. The zero-order valence-corrected chi connectivity index (χ0v) is 14.8. The third kappa shape index (κ3) is 3.79. The van der Waals surface area contributed by atoms with Crippen LogP contribution in [0.5, 0.6) is 0 Å². The second-order valence-electron chi connectivity index (χ2n) is 7.20. The van der Waals surface area contributed by atoms with Gasteiger partial charge in [-0.2, -0.15) is 5.10 Å². The molecule has 26 heavy (non-hydrogen) atoms.